The lowest BCUT2D eigenvalue weighted by Crippen LogP contribution is -2.27. The van der Waals surface area contributed by atoms with Crippen LogP contribution < -0.4 is 5.32 Å². The second-order valence-corrected chi connectivity index (χ2v) is 6.73. The quantitative estimate of drug-likeness (QED) is 0.665. The third-order valence-corrected chi connectivity index (χ3v) is 4.78. The van der Waals surface area contributed by atoms with E-state index in [9.17, 15) is 4.79 Å². The van der Waals surface area contributed by atoms with Crippen molar-refractivity contribution in [2.24, 2.45) is 0 Å². The molecule has 1 amide bonds. The number of carbonyl (C=O) groups excluding carboxylic acids is 1. The van der Waals surface area contributed by atoms with Crippen molar-refractivity contribution in [2.45, 2.75) is 6.04 Å². The summed E-state index contributed by atoms with van der Waals surface area (Å²) in [5.41, 5.74) is 4.55. The molecule has 0 fully saturated rings. The Morgan fingerprint density at radius 2 is 1.96 bits per heavy atom. The number of amides is 1. The summed E-state index contributed by atoms with van der Waals surface area (Å²) >= 11 is 9.05. The normalized spacial score (nSPS) is 12.4. The Hall–Kier alpha value is -1.95. The van der Waals surface area contributed by atoms with Gasteiger partial charge in [0, 0.05) is 16.5 Å². The van der Waals surface area contributed by atoms with Crippen LogP contribution in [0, 0.1) is 0 Å². The molecule has 0 spiro atoms. The van der Waals surface area contributed by atoms with Gasteiger partial charge in [0.2, 0.25) is 5.91 Å². The van der Waals surface area contributed by atoms with Crippen LogP contribution in [0.2, 0.25) is 5.02 Å². The summed E-state index contributed by atoms with van der Waals surface area (Å²) in [6.07, 6.45) is 3.21. The van der Waals surface area contributed by atoms with Gasteiger partial charge in [0.15, 0.2) is 0 Å². The molecule has 1 aromatic carbocycles. The SMILES string of the molecule is O=C(/C=C\c1cscn1)N[C@H](c1ccc(Cl)cc1)c1ccsc1. The van der Waals surface area contributed by atoms with Crippen LogP contribution in [0.15, 0.2) is 58.1 Å². The Morgan fingerprint density at radius 1 is 1.13 bits per heavy atom. The topological polar surface area (TPSA) is 42.0 Å². The molecule has 2 heterocycles. The van der Waals surface area contributed by atoms with E-state index >= 15 is 0 Å². The molecule has 0 bridgehead atoms. The Balaban J connectivity index is 1.79. The molecule has 0 saturated carbocycles. The number of halogens is 1. The van der Waals surface area contributed by atoms with Gasteiger partial charge in [-0.05, 0) is 46.2 Å². The zero-order valence-corrected chi connectivity index (χ0v) is 14.4. The van der Waals surface area contributed by atoms with Crippen LogP contribution in [0.1, 0.15) is 22.9 Å². The molecule has 2 aromatic heterocycles. The molecule has 3 nitrogen and oxygen atoms in total. The van der Waals surface area contributed by atoms with Gasteiger partial charge in [0.25, 0.3) is 0 Å². The number of rotatable bonds is 5. The fourth-order valence-electron chi connectivity index (χ4n) is 2.11. The van der Waals surface area contributed by atoms with Gasteiger partial charge in [-0.1, -0.05) is 23.7 Å². The maximum absolute atomic E-state index is 12.2. The Bertz CT molecular complexity index is 781. The fourth-order valence-corrected chi connectivity index (χ4v) is 3.44. The van der Waals surface area contributed by atoms with Crippen LogP contribution in [-0.2, 0) is 4.79 Å². The molecule has 0 aliphatic heterocycles. The van der Waals surface area contributed by atoms with E-state index in [1.807, 2.05) is 46.5 Å². The first kappa shape index (κ1) is 15.9. The van der Waals surface area contributed by atoms with E-state index in [1.165, 1.54) is 17.4 Å². The first-order chi connectivity index (χ1) is 11.2. The molecule has 23 heavy (non-hydrogen) atoms. The standard InChI is InChI=1S/C17H13ClN2OS2/c18-14-3-1-12(2-4-14)17(13-7-8-22-9-13)20-16(21)6-5-15-10-23-11-19-15/h1-11,17H,(H,20,21)/b6-5-/t17-/m1/s1. The van der Waals surface area contributed by atoms with Gasteiger partial charge in [-0.15, -0.1) is 11.3 Å². The van der Waals surface area contributed by atoms with Crippen LogP contribution in [0.5, 0.6) is 0 Å². The monoisotopic (exact) mass is 360 g/mol. The van der Waals surface area contributed by atoms with Crippen molar-refractivity contribution in [2.75, 3.05) is 0 Å². The highest BCUT2D eigenvalue weighted by molar-refractivity contribution is 7.08. The first-order valence-corrected chi connectivity index (χ1v) is 9.13. The number of hydrogen-bond donors (Lipinski definition) is 1. The smallest absolute Gasteiger partial charge is 0.244 e. The highest BCUT2D eigenvalue weighted by Gasteiger charge is 2.16. The number of thiophene rings is 1. The highest BCUT2D eigenvalue weighted by Crippen LogP contribution is 2.25. The average molecular weight is 361 g/mol. The van der Waals surface area contributed by atoms with E-state index in [4.69, 9.17) is 11.6 Å². The summed E-state index contributed by atoms with van der Waals surface area (Å²) in [7, 11) is 0. The summed E-state index contributed by atoms with van der Waals surface area (Å²) in [6.45, 7) is 0. The van der Waals surface area contributed by atoms with Crippen LogP contribution in [0.3, 0.4) is 0 Å². The molecule has 3 aromatic rings. The van der Waals surface area contributed by atoms with Crippen molar-refractivity contribution < 1.29 is 4.79 Å². The van der Waals surface area contributed by atoms with Crippen LogP contribution in [0.4, 0.5) is 0 Å². The molecular formula is C17H13ClN2OS2. The lowest BCUT2D eigenvalue weighted by atomic mass is 10.0. The number of aromatic nitrogens is 1. The van der Waals surface area contributed by atoms with Crippen LogP contribution in [0.25, 0.3) is 6.08 Å². The van der Waals surface area contributed by atoms with E-state index in [0.29, 0.717) is 5.02 Å². The average Bonchev–Trinajstić information content (AvgIpc) is 3.25. The maximum Gasteiger partial charge on any atom is 0.244 e. The van der Waals surface area contributed by atoms with Gasteiger partial charge in [-0.3, -0.25) is 4.79 Å². The van der Waals surface area contributed by atoms with Gasteiger partial charge in [-0.2, -0.15) is 11.3 Å². The van der Waals surface area contributed by atoms with Crippen LogP contribution in [-0.4, -0.2) is 10.9 Å². The Kier molecular flexibility index (Phi) is 5.23. The number of nitrogens with zero attached hydrogens (tertiary/aromatic N) is 1. The third kappa shape index (κ3) is 4.28. The molecule has 0 aliphatic rings. The van der Waals surface area contributed by atoms with Gasteiger partial charge in [0.05, 0.1) is 17.2 Å². The minimum atomic E-state index is -0.203. The number of carbonyl (C=O) groups is 1. The van der Waals surface area contributed by atoms with Crippen molar-refractivity contribution in [3.8, 4) is 0 Å². The van der Waals surface area contributed by atoms with Crippen molar-refractivity contribution in [3.63, 3.8) is 0 Å². The number of benzene rings is 1. The predicted molar refractivity (Wildman–Crippen MR) is 96.9 cm³/mol. The molecule has 3 rings (SSSR count). The molecule has 6 heteroatoms. The molecule has 1 atom stereocenters. The summed E-state index contributed by atoms with van der Waals surface area (Å²) in [4.78, 5) is 16.4. The molecule has 0 saturated heterocycles. The second-order valence-electron chi connectivity index (χ2n) is 4.80. The Labute approximate surface area is 147 Å². The molecule has 0 aliphatic carbocycles. The second kappa shape index (κ2) is 7.55. The van der Waals surface area contributed by atoms with Gasteiger partial charge in [0.1, 0.15) is 0 Å². The molecular weight excluding hydrogens is 348 g/mol. The van der Waals surface area contributed by atoms with Gasteiger partial charge < -0.3 is 5.32 Å². The number of thiazole rings is 1. The van der Waals surface area contributed by atoms with Crippen molar-refractivity contribution in [1.29, 1.82) is 0 Å². The summed E-state index contributed by atoms with van der Waals surface area (Å²) < 4.78 is 0. The van der Waals surface area contributed by atoms with E-state index in [1.54, 1.807) is 22.9 Å². The number of hydrogen-bond acceptors (Lipinski definition) is 4. The number of nitrogens with one attached hydrogen (secondary N) is 1. The summed E-state index contributed by atoms with van der Waals surface area (Å²) in [5, 5.41) is 9.62. The minimum absolute atomic E-state index is 0.163. The lowest BCUT2D eigenvalue weighted by molar-refractivity contribution is -0.116. The third-order valence-electron chi connectivity index (χ3n) is 3.22. The van der Waals surface area contributed by atoms with E-state index in [2.05, 4.69) is 10.3 Å². The van der Waals surface area contributed by atoms with Gasteiger partial charge in [-0.25, -0.2) is 4.98 Å². The van der Waals surface area contributed by atoms with Crippen molar-refractivity contribution in [3.05, 3.63) is 79.9 Å². The highest BCUT2D eigenvalue weighted by atomic mass is 35.5. The molecule has 116 valence electrons. The minimum Gasteiger partial charge on any atom is -0.342 e. The molecule has 0 radical (unpaired) electrons. The fraction of sp³-hybridized carbons (Fsp3) is 0.0588. The summed E-state index contributed by atoms with van der Waals surface area (Å²) in [6, 6.07) is 9.31. The predicted octanol–water partition coefficient (Wildman–Crippen LogP) is 4.78. The summed E-state index contributed by atoms with van der Waals surface area (Å²) in [5.74, 6) is -0.163. The van der Waals surface area contributed by atoms with Crippen LogP contribution >= 0.6 is 34.3 Å². The first-order valence-electron chi connectivity index (χ1n) is 6.87. The Morgan fingerprint density at radius 3 is 2.61 bits per heavy atom. The van der Waals surface area contributed by atoms with Crippen molar-refractivity contribution >= 4 is 46.3 Å². The van der Waals surface area contributed by atoms with Crippen molar-refractivity contribution in [1.82, 2.24) is 10.3 Å². The largest absolute Gasteiger partial charge is 0.342 e. The lowest BCUT2D eigenvalue weighted by Gasteiger charge is -2.17. The maximum atomic E-state index is 12.2. The zero-order valence-electron chi connectivity index (χ0n) is 12.0. The van der Waals surface area contributed by atoms with Gasteiger partial charge >= 0.3 is 0 Å². The molecule has 0 unspecified atom stereocenters. The zero-order chi connectivity index (χ0) is 16.1. The molecule has 1 N–H and O–H groups in total. The van der Waals surface area contributed by atoms with E-state index in [0.717, 1.165) is 16.8 Å². The van der Waals surface area contributed by atoms with E-state index in [-0.39, 0.29) is 11.9 Å². The van der Waals surface area contributed by atoms with E-state index < -0.39 is 0 Å².